The molecule has 1 N–H and O–H groups in total. The highest BCUT2D eigenvalue weighted by Crippen LogP contribution is 2.22. The van der Waals surface area contributed by atoms with E-state index in [1.54, 1.807) is 17.8 Å². The second-order valence-corrected chi connectivity index (χ2v) is 5.24. The van der Waals surface area contributed by atoms with E-state index in [-0.39, 0.29) is 11.5 Å². The number of para-hydroxylation sites is 1. The van der Waals surface area contributed by atoms with E-state index in [4.69, 9.17) is 4.74 Å². The van der Waals surface area contributed by atoms with Gasteiger partial charge in [0.2, 0.25) is 0 Å². The van der Waals surface area contributed by atoms with E-state index in [1.807, 2.05) is 30.3 Å². The number of hydrogen-bond acceptors (Lipinski definition) is 3. The van der Waals surface area contributed by atoms with Crippen LogP contribution >= 0.6 is 0 Å². The Kier molecular flexibility index (Phi) is 4.29. The number of carbonyl (C=O) groups is 1. The number of benzene rings is 2. The third-order valence-corrected chi connectivity index (χ3v) is 3.57. The van der Waals surface area contributed by atoms with E-state index in [0.29, 0.717) is 17.0 Å². The van der Waals surface area contributed by atoms with Crippen LogP contribution in [-0.4, -0.2) is 22.8 Å². The molecule has 1 aromatic heterocycles. The average molecular weight is 325 g/mol. The molecular weight excluding hydrogens is 309 g/mol. The summed E-state index contributed by atoms with van der Waals surface area (Å²) in [6.45, 7) is 1.72. The first kappa shape index (κ1) is 15.7. The number of amides is 1. The van der Waals surface area contributed by atoms with Crippen LogP contribution < -0.4 is 10.1 Å². The fraction of sp³-hybridized carbons (Fsp3) is 0.111. The molecule has 0 bridgehead atoms. The molecule has 1 amide bonds. The Hall–Kier alpha value is -3.15. The summed E-state index contributed by atoms with van der Waals surface area (Å²) in [6, 6.07) is 13.6. The molecule has 3 rings (SSSR count). The molecule has 6 heteroatoms. The van der Waals surface area contributed by atoms with Gasteiger partial charge in [-0.15, -0.1) is 0 Å². The van der Waals surface area contributed by atoms with Crippen LogP contribution in [0.2, 0.25) is 0 Å². The molecule has 5 nitrogen and oxygen atoms in total. The van der Waals surface area contributed by atoms with Crippen molar-refractivity contribution in [3.05, 3.63) is 71.8 Å². The minimum Gasteiger partial charge on any atom is -0.493 e. The number of halogens is 1. The molecule has 0 aliphatic carbocycles. The Morgan fingerprint density at radius 2 is 1.96 bits per heavy atom. The second-order valence-electron chi connectivity index (χ2n) is 5.24. The molecule has 0 aliphatic heterocycles. The van der Waals surface area contributed by atoms with Gasteiger partial charge in [-0.05, 0) is 42.8 Å². The summed E-state index contributed by atoms with van der Waals surface area (Å²) in [5.74, 6) is -0.413. The molecule has 1 heterocycles. The maximum absolute atomic E-state index is 13.2. The highest BCUT2D eigenvalue weighted by Gasteiger charge is 2.19. The van der Waals surface area contributed by atoms with Gasteiger partial charge in [-0.1, -0.05) is 18.2 Å². The van der Waals surface area contributed by atoms with Crippen LogP contribution in [0, 0.1) is 12.7 Å². The number of nitrogens with zero attached hydrogens (tertiary/aromatic N) is 2. The van der Waals surface area contributed by atoms with Gasteiger partial charge in [0.15, 0.2) is 11.4 Å². The highest BCUT2D eigenvalue weighted by molar-refractivity contribution is 6.05. The van der Waals surface area contributed by atoms with Crippen molar-refractivity contribution in [3.63, 3.8) is 0 Å². The van der Waals surface area contributed by atoms with Crippen molar-refractivity contribution in [3.8, 4) is 11.4 Å². The highest BCUT2D eigenvalue weighted by atomic mass is 19.1. The van der Waals surface area contributed by atoms with Crippen LogP contribution in [0.5, 0.6) is 5.75 Å². The van der Waals surface area contributed by atoms with Crippen LogP contribution in [0.15, 0.2) is 54.7 Å². The molecule has 0 unspecified atom stereocenters. The molecule has 2 aromatic carbocycles. The van der Waals surface area contributed by atoms with E-state index in [1.165, 1.54) is 25.3 Å². The molecule has 0 atom stereocenters. The van der Waals surface area contributed by atoms with Crippen molar-refractivity contribution in [1.29, 1.82) is 0 Å². The monoisotopic (exact) mass is 325 g/mol. The zero-order valence-electron chi connectivity index (χ0n) is 13.3. The first-order valence-electron chi connectivity index (χ1n) is 7.35. The smallest absolute Gasteiger partial charge is 0.280 e. The molecule has 122 valence electrons. The van der Waals surface area contributed by atoms with Crippen LogP contribution in [0.25, 0.3) is 5.69 Å². The predicted molar refractivity (Wildman–Crippen MR) is 89.2 cm³/mol. The van der Waals surface area contributed by atoms with Gasteiger partial charge in [0.05, 0.1) is 19.0 Å². The van der Waals surface area contributed by atoms with Crippen molar-refractivity contribution < 1.29 is 13.9 Å². The summed E-state index contributed by atoms with van der Waals surface area (Å²) in [7, 11) is 1.48. The molecule has 0 fully saturated rings. The number of anilines is 1. The van der Waals surface area contributed by atoms with Gasteiger partial charge < -0.3 is 10.1 Å². The Balaban J connectivity index is 1.90. The lowest BCUT2D eigenvalue weighted by Crippen LogP contribution is -2.15. The third kappa shape index (κ3) is 3.12. The predicted octanol–water partition coefficient (Wildman–Crippen LogP) is 3.58. The minimum absolute atomic E-state index is 0.157. The summed E-state index contributed by atoms with van der Waals surface area (Å²) >= 11 is 0. The van der Waals surface area contributed by atoms with Crippen LogP contribution in [0.4, 0.5) is 10.1 Å². The van der Waals surface area contributed by atoms with Crippen molar-refractivity contribution >= 4 is 11.6 Å². The Morgan fingerprint density at radius 1 is 1.21 bits per heavy atom. The lowest BCUT2D eigenvalue weighted by atomic mass is 10.2. The Bertz CT molecular complexity index is 875. The number of methoxy groups -OCH3 is 1. The largest absolute Gasteiger partial charge is 0.493 e. The zero-order valence-corrected chi connectivity index (χ0v) is 13.3. The number of carbonyl (C=O) groups excluding carboxylic acids is 1. The van der Waals surface area contributed by atoms with Gasteiger partial charge in [-0.25, -0.2) is 9.07 Å². The maximum Gasteiger partial charge on any atom is 0.280 e. The fourth-order valence-corrected chi connectivity index (χ4v) is 2.33. The minimum atomic E-state index is -0.420. The number of ether oxygens (including phenoxy) is 1. The van der Waals surface area contributed by atoms with Gasteiger partial charge in [-0.3, -0.25) is 4.79 Å². The molecule has 24 heavy (non-hydrogen) atoms. The van der Waals surface area contributed by atoms with Crippen LogP contribution in [0.1, 0.15) is 16.1 Å². The fourth-order valence-electron chi connectivity index (χ4n) is 2.33. The molecule has 0 aliphatic rings. The first-order chi connectivity index (χ1) is 11.6. The lowest BCUT2D eigenvalue weighted by Gasteiger charge is -2.07. The summed E-state index contributed by atoms with van der Waals surface area (Å²) in [4.78, 5) is 12.5. The molecule has 3 aromatic rings. The lowest BCUT2D eigenvalue weighted by molar-refractivity contribution is 0.101. The zero-order chi connectivity index (χ0) is 17.1. The number of rotatable bonds is 4. The van der Waals surface area contributed by atoms with Gasteiger partial charge >= 0.3 is 0 Å². The molecule has 0 radical (unpaired) electrons. The number of nitrogens with one attached hydrogen (secondary N) is 1. The van der Waals surface area contributed by atoms with Crippen molar-refractivity contribution in [2.24, 2.45) is 0 Å². The second kappa shape index (κ2) is 6.54. The Labute approximate surface area is 138 Å². The van der Waals surface area contributed by atoms with Gasteiger partial charge in [0.25, 0.3) is 5.91 Å². The van der Waals surface area contributed by atoms with Gasteiger partial charge in [0, 0.05) is 5.69 Å². The van der Waals surface area contributed by atoms with E-state index >= 15 is 0 Å². The first-order valence-corrected chi connectivity index (χ1v) is 7.35. The molecule has 0 saturated heterocycles. The van der Waals surface area contributed by atoms with Gasteiger partial charge in [0.1, 0.15) is 5.82 Å². The molecule has 0 spiro atoms. The number of aromatic nitrogens is 2. The standard InChI is InChI=1S/C18H16FN3O2/c1-12-10-13(19)8-9-15(12)20-18(23)17-16(24-2)11-22(21-17)14-6-4-3-5-7-14/h3-11H,1-2H3,(H,20,23). The topological polar surface area (TPSA) is 56.2 Å². The number of hydrogen-bond donors (Lipinski definition) is 1. The molecular formula is C18H16FN3O2. The van der Waals surface area contributed by atoms with Crippen molar-refractivity contribution in [2.45, 2.75) is 6.92 Å². The normalized spacial score (nSPS) is 10.5. The quantitative estimate of drug-likeness (QED) is 0.797. The maximum atomic E-state index is 13.2. The Morgan fingerprint density at radius 3 is 2.62 bits per heavy atom. The van der Waals surface area contributed by atoms with Crippen LogP contribution in [0.3, 0.4) is 0 Å². The molecule has 0 saturated carbocycles. The van der Waals surface area contributed by atoms with Crippen LogP contribution in [-0.2, 0) is 0 Å². The average Bonchev–Trinajstić information content (AvgIpc) is 3.02. The SMILES string of the molecule is COc1cn(-c2ccccc2)nc1C(=O)Nc1ccc(F)cc1C. The summed E-state index contributed by atoms with van der Waals surface area (Å²) in [6.07, 6.45) is 1.64. The van der Waals surface area contributed by atoms with E-state index in [2.05, 4.69) is 10.4 Å². The third-order valence-electron chi connectivity index (χ3n) is 3.57. The van der Waals surface area contributed by atoms with Gasteiger partial charge in [-0.2, -0.15) is 5.10 Å². The van der Waals surface area contributed by atoms with E-state index in [9.17, 15) is 9.18 Å². The number of aryl methyl sites for hydroxylation is 1. The van der Waals surface area contributed by atoms with Crippen molar-refractivity contribution in [2.75, 3.05) is 12.4 Å². The van der Waals surface area contributed by atoms with E-state index < -0.39 is 5.91 Å². The summed E-state index contributed by atoms with van der Waals surface area (Å²) < 4.78 is 20.0. The van der Waals surface area contributed by atoms with Crippen molar-refractivity contribution in [1.82, 2.24) is 9.78 Å². The summed E-state index contributed by atoms with van der Waals surface area (Å²) in [5.41, 5.74) is 2.13. The summed E-state index contributed by atoms with van der Waals surface area (Å²) in [5, 5.41) is 7.03. The van der Waals surface area contributed by atoms with E-state index in [0.717, 1.165) is 5.69 Å².